The van der Waals surface area contributed by atoms with E-state index in [9.17, 15) is 0 Å². The molecule has 0 unspecified atom stereocenters. The minimum atomic E-state index is 0.472. The second-order valence-electron chi connectivity index (χ2n) is 6.17. The lowest BCUT2D eigenvalue weighted by Crippen LogP contribution is -2.24. The maximum Gasteiger partial charge on any atom is 0.0530 e. The third-order valence-corrected chi connectivity index (χ3v) is 4.24. The highest BCUT2D eigenvalue weighted by Gasteiger charge is 2.04. The first-order valence-electron chi connectivity index (χ1n) is 8.83. The summed E-state index contributed by atoms with van der Waals surface area (Å²) in [6.07, 6.45) is 5.97. The van der Waals surface area contributed by atoms with E-state index in [0.717, 1.165) is 31.6 Å². The molecule has 2 aromatic rings. The molecule has 0 bridgehead atoms. The highest BCUT2D eigenvalue weighted by Crippen LogP contribution is 2.11. The summed E-state index contributed by atoms with van der Waals surface area (Å²) in [5, 5.41) is 8.72. The van der Waals surface area contributed by atoms with Gasteiger partial charge in [-0.25, -0.2) is 0 Å². The largest absolute Gasteiger partial charge is 0.299 e. The Hall–Kier alpha value is -2.36. The monoisotopic (exact) mass is 336 g/mol. The summed E-state index contributed by atoms with van der Waals surface area (Å²) in [4.78, 5) is 2.48. The summed E-state index contributed by atoms with van der Waals surface area (Å²) in [7, 11) is 0. The van der Waals surface area contributed by atoms with E-state index in [0.29, 0.717) is 5.70 Å². The summed E-state index contributed by atoms with van der Waals surface area (Å²) >= 11 is 0. The molecule has 0 aromatic heterocycles. The number of benzene rings is 2. The number of hydrogen-bond acceptors (Lipinski definition) is 3. The van der Waals surface area contributed by atoms with Crippen molar-refractivity contribution in [1.29, 1.82) is 0 Å². The summed E-state index contributed by atoms with van der Waals surface area (Å²) < 4.78 is 0. The number of aryl methyl sites for hydroxylation is 1. The van der Waals surface area contributed by atoms with Crippen molar-refractivity contribution >= 4 is 6.08 Å². The Morgan fingerprint density at radius 1 is 1.08 bits per heavy atom. The van der Waals surface area contributed by atoms with Gasteiger partial charge in [0.1, 0.15) is 0 Å². The first-order chi connectivity index (χ1) is 12.2. The molecule has 0 atom stereocenters. The van der Waals surface area contributed by atoms with Crippen LogP contribution in [0.15, 0.2) is 72.9 Å². The molecule has 3 nitrogen and oxygen atoms in total. The fourth-order valence-electron chi connectivity index (χ4n) is 2.73. The van der Waals surface area contributed by atoms with Gasteiger partial charge in [-0.05, 0) is 48.7 Å². The highest BCUT2D eigenvalue weighted by atomic mass is 16.5. The molecule has 2 N–H and O–H groups in total. The van der Waals surface area contributed by atoms with Crippen LogP contribution in [0.5, 0.6) is 0 Å². The topological polar surface area (TPSA) is 35.5 Å². The van der Waals surface area contributed by atoms with Crippen LogP contribution in [0.3, 0.4) is 0 Å². The van der Waals surface area contributed by atoms with Gasteiger partial charge in [-0.3, -0.25) is 15.6 Å². The van der Waals surface area contributed by atoms with Crippen LogP contribution in [0.4, 0.5) is 0 Å². The van der Waals surface area contributed by atoms with Crippen LogP contribution in [-0.4, -0.2) is 23.2 Å². The molecule has 3 heteroatoms. The Bertz CT molecular complexity index is 662. The molecule has 2 aromatic carbocycles. The quantitative estimate of drug-likeness (QED) is 0.490. The fourth-order valence-corrected chi connectivity index (χ4v) is 2.73. The van der Waals surface area contributed by atoms with E-state index in [1.807, 2.05) is 11.6 Å². The van der Waals surface area contributed by atoms with E-state index in [4.69, 9.17) is 5.21 Å². The predicted molar refractivity (Wildman–Crippen MR) is 105 cm³/mol. The highest BCUT2D eigenvalue weighted by molar-refractivity contribution is 5.52. The Balaban J connectivity index is 1.82. The van der Waals surface area contributed by atoms with Crippen molar-refractivity contribution in [2.75, 3.05) is 13.1 Å². The van der Waals surface area contributed by atoms with Crippen LogP contribution in [0.25, 0.3) is 6.08 Å². The Morgan fingerprint density at radius 2 is 1.80 bits per heavy atom. The minimum Gasteiger partial charge on any atom is -0.299 e. The van der Waals surface area contributed by atoms with Crippen LogP contribution in [0, 0.1) is 0 Å². The normalized spacial score (nSPS) is 11.2. The zero-order valence-corrected chi connectivity index (χ0v) is 15.0. The first-order valence-corrected chi connectivity index (χ1v) is 8.83. The molecule has 0 saturated carbocycles. The Kier molecular flexibility index (Phi) is 7.96. The molecule has 2 rings (SSSR count). The molecule has 0 aliphatic heterocycles. The van der Waals surface area contributed by atoms with E-state index >= 15 is 0 Å². The Morgan fingerprint density at radius 3 is 2.44 bits per heavy atom. The number of allylic oxidation sites excluding steroid dienone is 1. The summed E-state index contributed by atoms with van der Waals surface area (Å²) in [5.41, 5.74) is 6.31. The molecule has 132 valence electrons. The van der Waals surface area contributed by atoms with Gasteiger partial charge in [-0.1, -0.05) is 74.2 Å². The number of hydrogen-bond donors (Lipinski definition) is 2. The molecule has 0 radical (unpaired) electrons. The van der Waals surface area contributed by atoms with Crippen molar-refractivity contribution in [1.82, 2.24) is 10.4 Å². The lowest BCUT2D eigenvalue weighted by Gasteiger charge is -2.20. The van der Waals surface area contributed by atoms with E-state index in [2.05, 4.69) is 73.0 Å². The lowest BCUT2D eigenvalue weighted by atomic mass is 10.1. The number of rotatable bonds is 10. The van der Waals surface area contributed by atoms with Gasteiger partial charge in [0.15, 0.2) is 0 Å². The minimum absolute atomic E-state index is 0.472. The van der Waals surface area contributed by atoms with Crippen molar-refractivity contribution in [2.24, 2.45) is 0 Å². The fraction of sp³-hybridized carbons (Fsp3) is 0.273. The molecular formula is C22H28N2O. The van der Waals surface area contributed by atoms with Crippen LogP contribution in [-0.2, 0) is 13.0 Å². The summed E-state index contributed by atoms with van der Waals surface area (Å²) in [6.45, 7) is 9.00. The van der Waals surface area contributed by atoms with Crippen molar-refractivity contribution in [3.63, 3.8) is 0 Å². The standard InChI is InChI=1S/C22H28N2O/c1-3-24(17-7-10-20-8-5-4-6-9-20)18-22-15-13-21(14-16-22)12-11-19(2)23-25/h4-6,8-9,11-16,23,25H,2-3,7,10,17-18H2,1H3/b12-11+. The molecule has 0 amide bonds. The first kappa shape index (κ1) is 19.0. The van der Waals surface area contributed by atoms with Gasteiger partial charge in [0.25, 0.3) is 0 Å². The van der Waals surface area contributed by atoms with Crippen molar-refractivity contribution in [2.45, 2.75) is 26.3 Å². The molecular weight excluding hydrogens is 308 g/mol. The van der Waals surface area contributed by atoms with Gasteiger partial charge in [-0.15, -0.1) is 0 Å². The van der Waals surface area contributed by atoms with Gasteiger partial charge < -0.3 is 0 Å². The second-order valence-corrected chi connectivity index (χ2v) is 6.17. The maximum atomic E-state index is 8.72. The van der Waals surface area contributed by atoms with Crippen molar-refractivity contribution < 1.29 is 5.21 Å². The Labute approximate surface area is 151 Å². The van der Waals surface area contributed by atoms with Crippen LogP contribution in [0.2, 0.25) is 0 Å². The maximum absolute atomic E-state index is 8.72. The number of nitrogens with zero attached hydrogens (tertiary/aromatic N) is 1. The van der Waals surface area contributed by atoms with Crippen molar-refractivity contribution in [3.05, 3.63) is 89.6 Å². The number of hydroxylamine groups is 1. The molecule has 0 aliphatic rings. The van der Waals surface area contributed by atoms with Gasteiger partial charge >= 0.3 is 0 Å². The lowest BCUT2D eigenvalue weighted by molar-refractivity contribution is 0.205. The van der Waals surface area contributed by atoms with Gasteiger partial charge in [0, 0.05) is 6.54 Å². The molecule has 0 aliphatic carbocycles. The third kappa shape index (κ3) is 6.96. The third-order valence-electron chi connectivity index (χ3n) is 4.24. The van der Waals surface area contributed by atoms with E-state index < -0.39 is 0 Å². The molecule has 0 fully saturated rings. The molecule has 25 heavy (non-hydrogen) atoms. The zero-order valence-electron chi connectivity index (χ0n) is 15.0. The van der Waals surface area contributed by atoms with Crippen molar-refractivity contribution in [3.8, 4) is 0 Å². The second kappa shape index (κ2) is 10.5. The SMILES string of the molecule is C=C(/C=C/c1ccc(CN(CC)CCCc2ccccc2)cc1)NO. The predicted octanol–water partition coefficient (Wildman–Crippen LogP) is 4.65. The van der Waals surface area contributed by atoms with Gasteiger partial charge in [0.05, 0.1) is 5.70 Å². The van der Waals surface area contributed by atoms with Crippen LogP contribution in [0.1, 0.15) is 30.0 Å². The van der Waals surface area contributed by atoms with E-state index in [-0.39, 0.29) is 0 Å². The zero-order chi connectivity index (χ0) is 17.9. The average Bonchev–Trinajstić information content (AvgIpc) is 2.67. The summed E-state index contributed by atoms with van der Waals surface area (Å²) in [5.74, 6) is 0. The molecule has 0 heterocycles. The number of nitrogens with one attached hydrogen (secondary N) is 1. The van der Waals surface area contributed by atoms with E-state index in [1.54, 1.807) is 6.08 Å². The van der Waals surface area contributed by atoms with Gasteiger partial charge in [-0.2, -0.15) is 0 Å². The van der Waals surface area contributed by atoms with E-state index in [1.165, 1.54) is 17.5 Å². The molecule has 0 spiro atoms. The van der Waals surface area contributed by atoms with Crippen LogP contribution >= 0.6 is 0 Å². The van der Waals surface area contributed by atoms with Crippen LogP contribution < -0.4 is 5.48 Å². The van der Waals surface area contributed by atoms with Gasteiger partial charge in [0.2, 0.25) is 0 Å². The summed E-state index contributed by atoms with van der Waals surface area (Å²) in [6, 6.07) is 19.2. The smallest absolute Gasteiger partial charge is 0.0530 e. The molecule has 0 saturated heterocycles. The average molecular weight is 336 g/mol.